The zero-order valence-electron chi connectivity index (χ0n) is 11.4. The summed E-state index contributed by atoms with van der Waals surface area (Å²) in [6.07, 6.45) is -0.382. The van der Waals surface area contributed by atoms with E-state index in [1.807, 2.05) is 12.1 Å². The molecule has 0 saturated carbocycles. The van der Waals surface area contributed by atoms with Gasteiger partial charge in [0.15, 0.2) is 0 Å². The number of rotatable bonds is 6. The summed E-state index contributed by atoms with van der Waals surface area (Å²) in [5.41, 5.74) is 0.862. The maximum atomic E-state index is 11.8. The van der Waals surface area contributed by atoms with Gasteiger partial charge in [0.2, 0.25) is 0 Å². The highest BCUT2D eigenvalue weighted by molar-refractivity contribution is 7.87. The summed E-state index contributed by atoms with van der Waals surface area (Å²) >= 11 is 5.83. The first-order valence-corrected chi connectivity index (χ1v) is 7.57. The lowest BCUT2D eigenvalue weighted by molar-refractivity contribution is 0.0801. The van der Waals surface area contributed by atoms with Gasteiger partial charge in [-0.2, -0.15) is 17.4 Å². The molecule has 0 unspecified atom stereocenters. The van der Waals surface area contributed by atoms with Crippen molar-refractivity contribution in [2.24, 2.45) is 0 Å². The average Bonchev–Trinajstić information content (AvgIpc) is 2.31. The first-order chi connectivity index (χ1) is 8.77. The summed E-state index contributed by atoms with van der Waals surface area (Å²) in [6, 6.07) is 6.72. The van der Waals surface area contributed by atoms with Crippen LogP contribution < -0.4 is 4.72 Å². The monoisotopic (exact) mass is 306 g/mol. The average molecular weight is 307 g/mol. The molecule has 0 aliphatic rings. The maximum absolute atomic E-state index is 11.8. The molecule has 108 valence electrons. The summed E-state index contributed by atoms with van der Waals surface area (Å²) in [7, 11) is 0.993. The Balaban J connectivity index is 2.89. The molecule has 0 heterocycles. The van der Waals surface area contributed by atoms with E-state index in [9.17, 15) is 8.42 Å². The van der Waals surface area contributed by atoms with Gasteiger partial charge in [0.1, 0.15) is 0 Å². The zero-order chi connectivity index (χ0) is 14.6. The van der Waals surface area contributed by atoms with Gasteiger partial charge in [-0.3, -0.25) is 0 Å². The van der Waals surface area contributed by atoms with Crippen LogP contribution in [-0.4, -0.2) is 40.0 Å². The van der Waals surface area contributed by atoms with Crippen molar-refractivity contribution < 1.29 is 13.2 Å². The van der Waals surface area contributed by atoms with Crippen molar-refractivity contribution in [3.8, 4) is 0 Å². The normalized spacial score (nSPS) is 15.5. The number of nitrogens with one attached hydrogen (secondary N) is 1. The zero-order valence-corrected chi connectivity index (χ0v) is 13.0. The summed E-state index contributed by atoms with van der Waals surface area (Å²) < 4.78 is 32.6. The molecule has 5 nitrogen and oxygen atoms in total. The number of halogens is 1. The minimum Gasteiger partial charge on any atom is -0.375 e. The standard InChI is InChI=1S/C12H19ClN2O3S/c1-9(14-19(16,17)15(2)3)12(18-4)10-5-7-11(13)8-6-10/h5-9,12,14H,1-4H3/t9-,12-/m0/s1. The van der Waals surface area contributed by atoms with Crippen LogP contribution in [0.1, 0.15) is 18.6 Å². The van der Waals surface area contributed by atoms with E-state index in [0.29, 0.717) is 5.02 Å². The van der Waals surface area contributed by atoms with Crippen molar-refractivity contribution >= 4 is 21.8 Å². The fourth-order valence-corrected chi connectivity index (χ4v) is 2.61. The lowest BCUT2D eigenvalue weighted by atomic mass is 10.0. The van der Waals surface area contributed by atoms with Crippen molar-refractivity contribution in [2.75, 3.05) is 21.2 Å². The maximum Gasteiger partial charge on any atom is 0.279 e. The van der Waals surface area contributed by atoms with E-state index in [1.54, 1.807) is 26.2 Å². The van der Waals surface area contributed by atoms with Crippen LogP contribution >= 0.6 is 11.6 Å². The highest BCUT2D eigenvalue weighted by atomic mass is 35.5. The predicted molar refractivity (Wildman–Crippen MR) is 76.4 cm³/mol. The largest absolute Gasteiger partial charge is 0.375 e. The van der Waals surface area contributed by atoms with Gasteiger partial charge in [-0.05, 0) is 24.6 Å². The van der Waals surface area contributed by atoms with Crippen molar-refractivity contribution in [1.82, 2.24) is 9.03 Å². The van der Waals surface area contributed by atoms with E-state index in [2.05, 4.69) is 4.72 Å². The molecule has 0 amide bonds. The Kier molecular flexibility index (Phi) is 5.76. The second kappa shape index (κ2) is 6.67. The molecule has 0 aromatic heterocycles. The molecule has 0 bridgehead atoms. The highest BCUT2D eigenvalue weighted by Gasteiger charge is 2.24. The van der Waals surface area contributed by atoms with Gasteiger partial charge in [0.25, 0.3) is 10.2 Å². The minimum atomic E-state index is -3.49. The van der Waals surface area contributed by atoms with Crippen molar-refractivity contribution in [3.63, 3.8) is 0 Å². The molecule has 0 aliphatic heterocycles. The van der Waals surface area contributed by atoms with Crippen LogP contribution in [0.15, 0.2) is 24.3 Å². The number of nitrogens with zero attached hydrogens (tertiary/aromatic N) is 1. The van der Waals surface area contributed by atoms with Gasteiger partial charge in [0.05, 0.1) is 12.1 Å². The number of benzene rings is 1. The van der Waals surface area contributed by atoms with Gasteiger partial charge in [-0.25, -0.2) is 0 Å². The van der Waals surface area contributed by atoms with E-state index >= 15 is 0 Å². The van der Waals surface area contributed by atoms with Crippen LogP contribution in [0, 0.1) is 0 Å². The summed E-state index contributed by atoms with van der Waals surface area (Å²) in [6.45, 7) is 1.75. The molecule has 0 saturated heterocycles. The fourth-order valence-electron chi connectivity index (χ4n) is 1.68. The highest BCUT2D eigenvalue weighted by Crippen LogP contribution is 2.22. The van der Waals surface area contributed by atoms with Gasteiger partial charge >= 0.3 is 0 Å². The van der Waals surface area contributed by atoms with Gasteiger partial charge in [-0.1, -0.05) is 23.7 Å². The Hall–Kier alpha value is -0.660. The molecule has 19 heavy (non-hydrogen) atoms. The van der Waals surface area contributed by atoms with Crippen molar-refractivity contribution in [2.45, 2.75) is 19.1 Å². The third-order valence-electron chi connectivity index (χ3n) is 2.72. The third kappa shape index (κ3) is 4.43. The smallest absolute Gasteiger partial charge is 0.279 e. The van der Waals surface area contributed by atoms with Crippen LogP contribution in [0.25, 0.3) is 0 Å². The molecule has 1 rings (SSSR count). The van der Waals surface area contributed by atoms with Crippen LogP contribution in [0.5, 0.6) is 0 Å². The third-order valence-corrected chi connectivity index (χ3v) is 4.61. The van der Waals surface area contributed by atoms with E-state index < -0.39 is 16.3 Å². The Morgan fingerprint density at radius 3 is 2.21 bits per heavy atom. The minimum absolute atomic E-state index is 0.382. The van der Waals surface area contributed by atoms with E-state index in [0.717, 1.165) is 9.87 Å². The van der Waals surface area contributed by atoms with Gasteiger partial charge < -0.3 is 4.74 Å². The number of hydrogen-bond acceptors (Lipinski definition) is 3. The molecule has 1 aromatic carbocycles. The Morgan fingerprint density at radius 2 is 1.79 bits per heavy atom. The van der Waals surface area contributed by atoms with Crippen molar-refractivity contribution in [3.05, 3.63) is 34.9 Å². The summed E-state index contributed by atoms with van der Waals surface area (Å²) in [4.78, 5) is 0. The van der Waals surface area contributed by atoms with Crippen LogP contribution in [0.4, 0.5) is 0 Å². The molecule has 1 aromatic rings. The van der Waals surface area contributed by atoms with E-state index in [-0.39, 0.29) is 6.10 Å². The molecule has 1 N–H and O–H groups in total. The second-order valence-electron chi connectivity index (χ2n) is 4.40. The van der Waals surface area contributed by atoms with E-state index in [4.69, 9.17) is 16.3 Å². The molecule has 0 spiro atoms. The number of hydrogen-bond donors (Lipinski definition) is 1. The second-order valence-corrected chi connectivity index (χ2v) is 6.75. The predicted octanol–water partition coefficient (Wildman–Crippen LogP) is 1.81. The molecule has 0 aliphatic carbocycles. The van der Waals surface area contributed by atoms with Gasteiger partial charge in [-0.15, -0.1) is 0 Å². The topological polar surface area (TPSA) is 58.6 Å². The lowest BCUT2D eigenvalue weighted by Crippen LogP contribution is -2.43. The van der Waals surface area contributed by atoms with Crippen molar-refractivity contribution in [1.29, 1.82) is 0 Å². The Bertz CT molecular complexity index is 502. The molecule has 7 heteroatoms. The fraction of sp³-hybridized carbons (Fsp3) is 0.500. The summed E-state index contributed by atoms with van der Waals surface area (Å²) in [5, 5.41) is 0.625. The number of ether oxygens (including phenoxy) is 1. The SMILES string of the molecule is CO[C@H](c1ccc(Cl)cc1)[C@H](C)NS(=O)(=O)N(C)C. The Labute approximate surface area is 119 Å². The van der Waals surface area contributed by atoms with E-state index in [1.165, 1.54) is 14.1 Å². The first-order valence-electron chi connectivity index (χ1n) is 5.76. The lowest BCUT2D eigenvalue weighted by Gasteiger charge is -2.25. The number of methoxy groups -OCH3 is 1. The molecule has 0 radical (unpaired) electrons. The van der Waals surface area contributed by atoms with Crippen LogP contribution in [0.2, 0.25) is 5.02 Å². The first kappa shape index (κ1) is 16.4. The summed E-state index contributed by atoms with van der Waals surface area (Å²) in [5.74, 6) is 0. The Morgan fingerprint density at radius 1 is 1.26 bits per heavy atom. The molecule has 2 atom stereocenters. The van der Waals surface area contributed by atoms with Crippen LogP contribution in [0.3, 0.4) is 0 Å². The van der Waals surface area contributed by atoms with Crippen LogP contribution in [-0.2, 0) is 14.9 Å². The molecule has 0 fully saturated rings. The molecular weight excluding hydrogens is 288 g/mol. The van der Waals surface area contributed by atoms with Gasteiger partial charge in [0, 0.05) is 26.2 Å². The molecular formula is C12H19ClN2O3S. The quantitative estimate of drug-likeness (QED) is 0.872.